The first kappa shape index (κ1) is 21.1. The number of carbonyl (C=O) groups excluding carboxylic acids is 1. The molecule has 3 aromatic rings. The summed E-state index contributed by atoms with van der Waals surface area (Å²) in [4.78, 5) is 18.1. The Morgan fingerprint density at radius 1 is 1.07 bits per heavy atom. The maximum Gasteiger partial charge on any atom is 0.270 e. The van der Waals surface area contributed by atoms with Crippen LogP contribution in [0.15, 0.2) is 80.0 Å². The Bertz CT molecular complexity index is 1120. The molecular formula is C22H17ClN2O2S3. The first-order valence-corrected chi connectivity index (χ1v) is 11.4. The van der Waals surface area contributed by atoms with E-state index in [0.29, 0.717) is 20.0 Å². The molecule has 2 heterocycles. The zero-order chi connectivity index (χ0) is 21.3. The minimum Gasteiger partial charge on any atom is -0.450 e. The van der Waals surface area contributed by atoms with E-state index in [-0.39, 0.29) is 5.91 Å². The second-order valence-electron chi connectivity index (χ2n) is 6.64. The molecular weight excluding hydrogens is 456 g/mol. The van der Waals surface area contributed by atoms with Crippen LogP contribution in [-0.2, 0) is 4.79 Å². The molecule has 2 aromatic carbocycles. The second kappa shape index (κ2) is 8.89. The molecule has 0 bridgehead atoms. The summed E-state index contributed by atoms with van der Waals surface area (Å²) in [6.07, 6.45) is 1.74. The summed E-state index contributed by atoms with van der Waals surface area (Å²) < 4.78 is 6.37. The lowest BCUT2D eigenvalue weighted by molar-refractivity contribution is -0.113. The average molecular weight is 473 g/mol. The van der Waals surface area contributed by atoms with Gasteiger partial charge in [-0.05, 0) is 60.7 Å². The number of carbonyl (C=O) groups is 1. The first-order chi connectivity index (χ1) is 14.4. The van der Waals surface area contributed by atoms with Crippen LogP contribution in [0.3, 0.4) is 0 Å². The number of thioether (sulfide) groups is 1. The molecule has 4 nitrogen and oxygen atoms in total. The molecule has 0 radical (unpaired) electrons. The van der Waals surface area contributed by atoms with Crippen molar-refractivity contribution in [1.29, 1.82) is 0 Å². The van der Waals surface area contributed by atoms with Gasteiger partial charge < -0.3 is 9.32 Å². The maximum atomic E-state index is 12.9. The molecule has 1 aliphatic heterocycles. The van der Waals surface area contributed by atoms with Crippen molar-refractivity contribution in [3.63, 3.8) is 0 Å². The number of nitrogens with zero attached hydrogens (tertiary/aromatic N) is 2. The van der Waals surface area contributed by atoms with Crippen molar-refractivity contribution in [2.75, 3.05) is 23.9 Å². The SMILES string of the molecule is CN(C)c1ccc(N2C(=O)C(=Cc3ccc(Sc4ccc(Cl)cc4)o3)SC2=S)cc1. The molecule has 152 valence electrons. The quantitative estimate of drug-likeness (QED) is 0.309. The lowest BCUT2D eigenvalue weighted by Crippen LogP contribution is -2.27. The standard InChI is InChI=1S/C22H17ClN2O2S3/c1-24(2)15-5-7-16(8-6-15)25-21(26)19(30-22(25)28)13-17-9-12-20(27-17)29-18-10-3-14(23)4-11-18/h3-13H,1-2H3. The number of anilines is 2. The van der Waals surface area contributed by atoms with Crippen LogP contribution in [0.4, 0.5) is 11.4 Å². The van der Waals surface area contributed by atoms with Gasteiger partial charge in [0.15, 0.2) is 9.41 Å². The van der Waals surface area contributed by atoms with Gasteiger partial charge in [-0.3, -0.25) is 9.69 Å². The summed E-state index contributed by atoms with van der Waals surface area (Å²) in [5, 5.41) is 1.43. The Kier molecular flexibility index (Phi) is 6.24. The van der Waals surface area contributed by atoms with Crippen molar-refractivity contribution >= 4 is 75.0 Å². The molecule has 0 spiro atoms. The lowest BCUT2D eigenvalue weighted by Gasteiger charge is -2.17. The topological polar surface area (TPSA) is 36.7 Å². The minimum atomic E-state index is -0.147. The monoisotopic (exact) mass is 472 g/mol. The zero-order valence-electron chi connectivity index (χ0n) is 16.2. The maximum absolute atomic E-state index is 12.9. The van der Waals surface area contributed by atoms with Crippen molar-refractivity contribution < 1.29 is 9.21 Å². The van der Waals surface area contributed by atoms with Crippen molar-refractivity contribution in [3.8, 4) is 0 Å². The van der Waals surface area contributed by atoms with E-state index >= 15 is 0 Å². The van der Waals surface area contributed by atoms with Gasteiger partial charge in [0.1, 0.15) is 5.76 Å². The fourth-order valence-electron chi connectivity index (χ4n) is 2.80. The van der Waals surface area contributed by atoms with Gasteiger partial charge in [0, 0.05) is 35.8 Å². The number of halogens is 1. The van der Waals surface area contributed by atoms with Gasteiger partial charge in [-0.2, -0.15) is 0 Å². The van der Waals surface area contributed by atoms with Gasteiger partial charge in [-0.15, -0.1) is 0 Å². The van der Waals surface area contributed by atoms with Crippen LogP contribution in [0.1, 0.15) is 5.76 Å². The Morgan fingerprint density at radius 2 is 1.77 bits per heavy atom. The Morgan fingerprint density at radius 3 is 2.43 bits per heavy atom. The fraction of sp³-hybridized carbons (Fsp3) is 0.0909. The van der Waals surface area contributed by atoms with Gasteiger partial charge in [-0.25, -0.2) is 0 Å². The molecule has 1 aromatic heterocycles. The Labute approximate surface area is 193 Å². The van der Waals surface area contributed by atoms with E-state index in [1.807, 2.05) is 79.7 Å². The number of thiocarbonyl (C=S) groups is 1. The van der Waals surface area contributed by atoms with Crippen LogP contribution in [0.5, 0.6) is 0 Å². The van der Waals surface area contributed by atoms with Crippen LogP contribution < -0.4 is 9.80 Å². The van der Waals surface area contributed by atoms with Crippen LogP contribution in [-0.4, -0.2) is 24.3 Å². The van der Waals surface area contributed by atoms with E-state index in [9.17, 15) is 4.79 Å². The molecule has 30 heavy (non-hydrogen) atoms. The van der Waals surface area contributed by atoms with Gasteiger partial charge in [0.2, 0.25) is 0 Å². The molecule has 0 unspecified atom stereocenters. The smallest absolute Gasteiger partial charge is 0.270 e. The van der Waals surface area contributed by atoms with E-state index in [0.717, 1.165) is 21.4 Å². The normalized spacial score (nSPS) is 15.3. The predicted molar refractivity (Wildman–Crippen MR) is 131 cm³/mol. The van der Waals surface area contributed by atoms with Gasteiger partial charge in [-0.1, -0.05) is 47.3 Å². The molecule has 1 saturated heterocycles. The van der Waals surface area contributed by atoms with E-state index in [1.165, 1.54) is 23.5 Å². The molecule has 1 fully saturated rings. The van der Waals surface area contributed by atoms with E-state index in [4.69, 9.17) is 28.2 Å². The molecule has 0 N–H and O–H groups in total. The van der Waals surface area contributed by atoms with Crippen LogP contribution >= 0.6 is 47.3 Å². The highest BCUT2D eigenvalue weighted by molar-refractivity contribution is 8.27. The third-order valence-corrected chi connectivity index (χ3v) is 6.81. The van der Waals surface area contributed by atoms with Crippen molar-refractivity contribution in [3.05, 3.63) is 76.4 Å². The highest BCUT2D eigenvalue weighted by Crippen LogP contribution is 2.37. The number of furan rings is 1. The third-order valence-electron chi connectivity index (χ3n) is 4.33. The van der Waals surface area contributed by atoms with E-state index in [1.54, 1.807) is 11.0 Å². The zero-order valence-corrected chi connectivity index (χ0v) is 19.4. The van der Waals surface area contributed by atoms with Crippen LogP contribution in [0.25, 0.3) is 6.08 Å². The summed E-state index contributed by atoms with van der Waals surface area (Å²) in [5.41, 5.74) is 1.81. The van der Waals surface area contributed by atoms with Crippen molar-refractivity contribution in [1.82, 2.24) is 0 Å². The molecule has 0 saturated carbocycles. The number of amides is 1. The van der Waals surface area contributed by atoms with E-state index in [2.05, 4.69) is 0 Å². The van der Waals surface area contributed by atoms with Gasteiger partial charge in [0.05, 0.1) is 10.6 Å². The number of rotatable bonds is 5. The fourth-order valence-corrected chi connectivity index (χ4v) is 4.99. The molecule has 0 aliphatic carbocycles. The molecule has 4 rings (SSSR count). The summed E-state index contributed by atoms with van der Waals surface area (Å²) in [6.45, 7) is 0. The summed E-state index contributed by atoms with van der Waals surface area (Å²) in [6, 6.07) is 19.0. The molecule has 1 amide bonds. The number of hydrogen-bond acceptors (Lipinski definition) is 6. The van der Waals surface area contributed by atoms with Crippen LogP contribution in [0.2, 0.25) is 5.02 Å². The first-order valence-electron chi connectivity index (χ1n) is 8.99. The minimum absolute atomic E-state index is 0.147. The van der Waals surface area contributed by atoms with Crippen molar-refractivity contribution in [2.45, 2.75) is 9.99 Å². The summed E-state index contributed by atoms with van der Waals surface area (Å²) >= 11 is 14.1. The summed E-state index contributed by atoms with van der Waals surface area (Å²) in [5.74, 6) is 0.459. The third kappa shape index (κ3) is 4.59. The highest BCUT2D eigenvalue weighted by Gasteiger charge is 2.33. The second-order valence-corrected chi connectivity index (χ2v) is 9.83. The van der Waals surface area contributed by atoms with E-state index < -0.39 is 0 Å². The van der Waals surface area contributed by atoms with Gasteiger partial charge in [0.25, 0.3) is 5.91 Å². The average Bonchev–Trinajstić information content (AvgIpc) is 3.27. The van der Waals surface area contributed by atoms with Crippen LogP contribution in [0, 0.1) is 0 Å². The Hall–Kier alpha value is -2.19. The largest absolute Gasteiger partial charge is 0.450 e. The summed E-state index contributed by atoms with van der Waals surface area (Å²) in [7, 11) is 3.94. The van der Waals surface area contributed by atoms with Crippen molar-refractivity contribution in [2.24, 2.45) is 0 Å². The van der Waals surface area contributed by atoms with Gasteiger partial charge >= 0.3 is 0 Å². The molecule has 1 aliphatic rings. The Balaban J connectivity index is 1.50. The number of benzene rings is 2. The number of hydrogen-bond donors (Lipinski definition) is 0. The molecule has 8 heteroatoms. The predicted octanol–water partition coefficient (Wildman–Crippen LogP) is 6.56. The lowest BCUT2D eigenvalue weighted by atomic mass is 10.2. The highest BCUT2D eigenvalue weighted by atomic mass is 35.5. The molecule has 0 atom stereocenters.